The van der Waals surface area contributed by atoms with Crippen molar-refractivity contribution in [3.05, 3.63) is 34.9 Å². The molecule has 2 nitrogen and oxygen atoms in total. The van der Waals surface area contributed by atoms with Crippen molar-refractivity contribution in [1.82, 2.24) is 5.32 Å². The standard InChI is InChI=1S/C15H22ClNO/c1-2-17-11-15(18-14-8-3-4-9-14)12-6-5-7-13(16)10-12/h5-7,10,14-15,17H,2-4,8-9,11H2,1H3. The second-order valence-corrected chi connectivity index (χ2v) is 5.33. The van der Waals surface area contributed by atoms with E-state index in [1.165, 1.54) is 31.2 Å². The van der Waals surface area contributed by atoms with Crippen LogP contribution in [0.1, 0.15) is 44.3 Å². The molecule has 1 unspecified atom stereocenters. The Balaban J connectivity index is 2.03. The van der Waals surface area contributed by atoms with Crippen molar-refractivity contribution >= 4 is 11.6 Å². The Morgan fingerprint density at radius 1 is 1.39 bits per heavy atom. The highest BCUT2D eigenvalue weighted by Gasteiger charge is 2.21. The van der Waals surface area contributed by atoms with Crippen molar-refractivity contribution < 1.29 is 4.74 Å². The van der Waals surface area contributed by atoms with Crippen LogP contribution in [0.5, 0.6) is 0 Å². The Morgan fingerprint density at radius 2 is 2.17 bits per heavy atom. The van der Waals surface area contributed by atoms with Crippen molar-refractivity contribution in [2.45, 2.75) is 44.8 Å². The number of ether oxygens (including phenoxy) is 1. The first kappa shape index (κ1) is 13.9. The van der Waals surface area contributed by atoms with Gasteiger partial charge in [0.2, 0.25) is 0 Å². The lowest BCUT2D eigenvalue weighted by molar-refractivity contribution is -0.00849. The molecule has 1 saturated carbocycles. The molecular weight excluding hydrogens is 246 g/mol. The Labute approximate surface area is 115 Å². The van der Waals surface area contributed by atoms with Gasteiger partial charge in [-0.2, -0.15) is 0 Å². The lowest BCUT2D eigenvalue weighted by atomic mass is 10.1. The van der Waals surface area contributed by atoms with E-state index in [9.17, 15) is 0 Å². The molecule has 1 aliphatic rings. The van der Waals surface area contributed by atoms with Gasteiger partial charge in [-0.15, -0.1) is 0 Å². The van der Waals surface area contributed by atoms with Crippen molar-refractivity contribution in [3.8, 4) is 0 Å². The van der Waals surface area contributed by atoms with Crippen LogP contribution in [0.4, 0.5) is 0 Å². The van der Waals surface area contributed by atoms with Gasteiger partial charge in [0.1, 0.15) is 0 Å². The number of hydrogen-bond acceptors (Lipinski definition) is 2. The highest BCUT2D eigenvalue weighted by atomic mass is 35.5. The van der Waals surface area contributed by atoms with Gasteiger partial charge >= 0.3 is 0 Å². The zero-order chi connectivity index (χ0) is 12.8. The third-order valence-corrected chi connectivity index (χ3v) is 3.69. The molecule has 2 rings (SSSR count). The van der Waals surface area contributed by atoms with Gasteiger partial charge < -0.3 is 10.1 Å². The van der Waals surface area contributed by atoms with Crippen LogP contribution in [0.15, 0.2) is 24.3 Å². The lowest BCUT2D eigenvalue weighted by Gasteiger charge is -2.23. The van der Waals surface area contributed by atoms with E-state index in [1.807, 2.05) is 18.2 Å². The maximum atomic E-state index is 6.23. The zero-order valence-corrected chi connectivity index (χ0v) is 11.7. The molecule has 0 bridgehead atoms. The quantitative estimate of drug-likeness (QED) is 0.843. The minimum Gasteiger partial charge on any atom is -0.369 e. The van der Waals surface area contributed by atoms with E-state index in [1.54, 1.807) is 0 Å². The monoisotopic (exact) mass is 267 g/mol. The molecule has 0 aliphatic heterocycles. The van der Waals surface area contributed by atoms with Gasteiger partial charge in [0.25, 0.3) is 0 Å². The van der Waals surface area contributed by atoms with Crippen LogP contribution < -0.4 is 5.32 Å². The molecule has 18 heavy (non-hydrogen) atoms. The molecule has 0 aromatic heterocycles. The summed E-state index contributed by atoms with van der Waals surface area (Å²) in [5.74, 6) is 0. The lowest BCUT2D eigenvalue weighted by Crippen LogP contribution is -2.25. The number of rotatable bonds is 6. The van der Waals surface area contributed by atoms with Gasteiger partial charge in [0.05, 0.1) is 12.2 Å². The summed E-state index contributed by atoms with van der Waals surface area (Å²) in [4.78, 5) is 0. The van der Waals surface area contributed by atoms with Gasteiger partial charge in [-0.1, -0.05) is 43.5 Å². The molecule has 0 amide bonds. The van der Waals surface area contributed by atoms with Crippen LogP contribution in [0.3, 0.4) is 0 Å². The average molecular weight is 268 g/mol. The van der Waals surface area contributed by atoms with Crippen LogP contribution in [0.25, 0.3) is 0 Å². The van der Waals surface area contributed by atoms with Gasteiger partial charge in [0.15, 0.2) is 0 Å². The molecular formula is C15H22ClNO. The molecule has 0 spiro atoms. The summed E-state index contributed by atoms with van der Waals surface area (Å²) in [6.45, 7) is 3.93. The summed E-state index contributed by atoms with van der Waals surface area (Å²) < 4.78 is 6.23. The summed E-state index contributed by atoms with van der Waals surface area (Å²) in [6.07, 6.45) is 5.54. The highest BCUT2D eigenvalue weighted by molar-refractivity contribution is 6.30. The van der Waals surface area contributed by atoms with E-state index < -0.39 is 0 Å². The molecule has 100 valence electrons. The summed E-state index contributed by atoms with van der Waals surface area (Å²) in [5, 5.41) is 4.15. The van der Waals surface area contributed by atoms with E-state index in [0.717, 1.165) is 18.1 Å². The first-order valence-electron chi connectivity index (χ1n) is 6.91. The first-order valence-corrected chi connectivity index (χ1v) is 7.29. The molecule has 0 heterocycles. The van der Waals surface area contributed by atoms with Gasteiger partial charge in [0, 0.05) is 11.6 Å². The molecule has 1 aromatic carbocycles. The summed E-state index contributed by atoms with van der Waals surface area (Å²) >= 11 is 6.06. The molecule has 1 atom stereocenters. The Kier molecular flexibility index (Phi) is 5.48. The predicted octanol–water partition coefficient (Wildman–Crippen LogP) is 3.95. The van der Waals surface area contributed by atoms with E-state index in [-0.39, 0.29) is 6.10 Å². The topological polar surface area (TPSA) is 21.3 Å². The van der Waals surface area contributed by atoms with Crippen LogP contribution in [-0.4, -0.2) is 19.2 Å². The van der Waals surface area contributed by atoms with Crippen molar-refractivity contribution in [2.75, 3.05) is 13.1 Å². The Hall–Kier alpha value is -0.570. The SMILES string of the molecule is CCNCC(OC1CCCC1)c1cccc(Cl)c1. The third-order valence-electron chi connectivity index (χ3n) is 3.46. The molecule has 1 aromatic rings. The van der Waals surface area contributed by atoms with Crippen LogP contribution in [0, 0.1) is 0 Å². The van der Waals surface area contributed by atoms with Crippen molar-refractivity contribution in [2.24, 2.45) is 0 Å². The predicted molar refractivity (Wildman–Crippen MR) is 76.1 cm³/mol. The number of hydrogen-bond donors (Lipinski definition) is 1. The molecule has 1 aliphatic carbocycles. The molecule has 0 radical (unpaired) electrons. The maximum Gasteiger partial charge on any atom is 0.0953 e. The van der Waals surface area contributed by atoms with Gasteiger partial charge in [-0.25, -0.2) is 0 Å². The maximum absolute atomic E-state index is 6.23. The molecule has 1 N–H and O–H groups in total. The number of nitrogens with one attached hydrogen (secondary N) is 1. The van der Waals surface area contributed by atoms with E-state index in [4.69, 9.17) is 16.3 Å². The fraction of sp³-hybridized carbons (Fsp3) is 0.600. The zero-order valence-electron chi connectivity index (χ0n) is 11.0. The second kappa shape index (κ2) is 7.13. The van der Waals surface area contributed by atoms with Crippen molar-refractivity contribution in [3.63, 3.8) is 0 Å². The van der Waals surface area contributed by atoms with Crippen molar-refractivity contribution in [1.29, 1.82) is 0 Å². The number of benzene rings is 1. The van der Waals surface area contributed by atoms with Crippen LogP contribution >= 0.6 is 11.6 Å². The minimum absolute atomic E-state index is 0.117. The van der Waals surface area contributed by atoms with E-state index >= 15 is 0 Å². The van der Waals surface area contributed by atoms with Gasteiger partial charge in [-0.05, 0) is 37.1 Å². The normalized spacial score (nSPS) is 18.1. The fourth-order valence-electron chi connectivity index (χ4n) is 2.48. The van der Waals surface area contributed by atoms with E-state index in [0.29, 0.717) is 6.10 Å². The smallest absolute Gasteiger partial charge is 0.0953 e. The molecule has 1 fully saturated rings. The van der Waals surface area contributed by atoms with Crippen LogP contribution in [-0.2, 0) is 4.74 Å². The average Bonchev–Trinajstić information content (AvgIpc) is 2.87. The van der Waals surface area contributed by atoms with Gasteiger partial charge in [-0.3, -0.25) is 0 Å². The van der Waals surface area contributed by atoms with Crippen LogP contribution in [0.2, 0.25) is 5.02 Å². The Morgan fingerprint density at radius 3 is 2.83 bits per heavy atom. The number of halogens is 1. The molecule has 3 heteroatoms. The fourth-order valence-corrected chi connectivity index (χ4v) is 2.68. The Bertz CT molecular complexity index is 363. The highest BCUT2D eigenvalue weighted by Crippen LogP contribution is 2.28. The third kappa shape index (κ3) is 3.98. The number of likely N-dealkylation sites (N-methyl/N-ethyl adjacent to an activating group) is 1. The summed E-state index contributed by atoms with van der Waals surface area (Å²) in [6, 6.07) is 8.01. The molecule has 0 saturated heterocycles. The first-order chi connectivity index (χ1) is 8.79. The largest absolute Gasteiger partial charge is 0.369 e. The summed E-state index contributed by atoms with van der Waals surface area (Å²) in [5.41, 5.74) is 1.18. The second-order valence-electron chi connectivity index (χ2n) is 4.89. The minimum atomic E-state index is 0.117. The summed E-state index contributed by atoms with van der Waals surface area (Å²) in [7, 11) is 0. The van der Waals surface area contributed by atoms with E-state index in [2.05, 4.69) is 18.3 Å².